The molecule has 108 valence electrons. The van der Waals surface area contributed by atoms with Gasteiger partial charge in [-0.25, -0.2) is 9.97 Å². The number of anilines is 1. The Kier molecular flexibility index (Phi) is 4.72. The largest absolute Gasteiger partial charge is 0.378 e. The summed E-state index contributed by atoms with van der Waals surface area (Å²) in [5.74, 6) is 1.37. The van der Waals surface area contributed by atoms with Crippen molar-refractivity contribution >= 4 is 21.7 Å². The average Bonchev–Trinajstić information content (AvgIpc) is 2.91. The smallest absolute Gasteiger partial charge is 0.165 e. The van der Waals surface area contributed by atoms with Crippen molar-refractivity contribution in [3.63, 3.8) is 0 Å². The predicted molar refractivity (Wildman–Crippen MR) is 81.6 cm³/mol. The van der Waals surface area contributed by atoms with E-state index in [1.165, 1.54) is 0 Å². The first-order valence-electron chi connectivity index (χ1n) is 6.34. The highest BCUT2D eigenvalue weighted by Gasteiger charge is 2.14. The van der Waals surface area contributed by atoms with Crippen LogP contribution in [0.1, 0.15) is 25.6 Å². The van der Waals surface area contributed by atoms with Gasteiger partial charge in [0.05, 0.1) is 28.5 Å². The number of ether oxygens (including phenoxy) is 1. The summed E-state index contributed by atoms with van der Waals surface area (Å²) in [6, 6.07) is 0.307. The van der Waals surface area contributed by atoms with Gasteiger partial charge in [-0.05, 0) is 29.8 Å². The number of nitrogens with zero attached hydrogens (tertiary/aromatic N) is 4. The van der Waals surface area contributed by atoms with Gasteiger partial charge in [0.2, 0.25) is 0 Å². The lowest BCUT2D eigenvalue weighted by molar-refractivity contribution is 0.181. The van der Waals surface area contributed by atoms with E-state index in [0.29, 0.717) is 18.5 Å². The fourth-order valence-corrected chi connectivity index (χ4v) is 2.25. The second kappa shape index (κ2) is 6.32. The van der Waals surface area contributed by atoms with Crippen molar-refractivity contribution < 1.29 is 4.74 Å². The van der Waals surface area contributed by atoms with Gasteiger partial charge in [-0.2, -0.15) is 5.10 Å². The SMILES string of the molecule is CNc1nc(-c2cnn(C(C)C)c2)nc(COC)c1Br. The third-order valence-electron chi connectivity index (χ3n) is 2.83. The van der Waals surface area contributed by atoms with E-state index in [4.69, 9.17) is 4.74 Å². The van der Waals surface area contributed by atoms with Gasteiger partial charge in [0.15, 0.2) is 5.82 Å². The maximum atomic E-state index is 5.17. The van der Waals surface area contributed by atoms with Crippen LogP contribution in [0.15, 0.2) is 16.9 Å². The van der Waals surface area contributed by atoms with Crippen LogP contribution >= 0.6 is 15.9 Å². The zero-order valence-electron chi connectivity index (χ0n) is 12.0. The Hall–Kier alpha value is -1.47. The van der Waals surface area contributed by atoms with E-state index >= 15 is 0 Å². The minimum Gasteiger partial charge on any atom is -0.378 e. The normalized spacial score (nSPS) is 11.1. The van der Waals surface area contributed by atoms with Gasteiger partial charge in [0.25, 0.3) is 0 Å². The highest BCUT2D eigenvalue weighted by atomic mass is 79.9. The van der Waals surface area contributed by atoms with Gasteiger partial charge < -0.3 is 10.1 Å². The van der Waals surface area contributed by atoms with Crippen LogP contribution in [-0.2, 0) is 11.3 Å². The molecule has 0 fully saturated rings. The Balaban J connectivity index is 2.47. The van der Waals surface area contributed by atoms with E-state index in [0.717, 1.165) is 21.5 Å². The van der Waals surface area contributed by atoms with Crippen LogP contribution in [-0.4, -0.2) is 33.9 Å². The lowest BCUT2D eigenvalue weighted by Crippen LogP contribution is -2.04. The van der Waals surface area contributed by atoms with Gasteiger partial charge in [-0.1, -0.05) is 0 Å². The summed E-state index contributed by atoms with van der Waals surface area (Å²) in [4.78, 5) is 9.04. The summed E-state index contributed by atoms with van der Waals surface area (Å²) in [6.45, 7) is 4.58. The molecular weight excluding hydrogens is 322 g/mol. The highest BCUT2D eigenvalue weighted by Crippen LogP contribution is 2.27. The molecule has 2 aromatic heterocycles. The second-order valence-corrected chi connectivity index (χ2v) is 5.44. The molecule has 7 heteroatoms. The van der Waals surface area contributed by atoms with Crippen molar-refractivity contribution in [3.05, 3.63) is 22.6 Å². The van der Waals surface area contributed by atoms with Crippen LogP contribution in [0.3, 0.4) is 0 Å². The molecule has 2 heterocycles. The third kappa shape index (κ3) is 2.99. The maximum absolute atomic E-state index is 5.17. The van der Waals surface area contributed by atoms with Crippen molar-refractivity contribution in [3.8, 4) is 11.4 Å². The van der Waals surface area contributed by atoms with E-state index in [1.54, 1.807) is 13.3 Å². The molecule has 2 aromatic rings. The van der Waals surface area contributed by atoms with Crippen LogP contribution in [0.2, 0.25) is 0 Å². The van der Waals surface area contributed by atoms with Gasteiger partial charge in [-0.15, -0.1) is 0 Å². The Morgan fingerprint density at radius 3 is 2.70 bits per heavy atom. The topological polar surface area (TPSA) is 64.9 Å². The summed E-state index contributed by atoms with van der Waals surface area (Å²) in [6.07, 6.45) is 3.73. The molecule has 0 bridgehead atoms. The Morgan fingerprint density at radius 1 is 1.40 bits per heavy atom. The van der Waals surface area contributed by atoms with Gasteiger partial charge >= 0.3 is 0 Å². The van der Waals surface area contributed by atoms with Crippen molar-refractivity contribution in [2.24, 2.45) is 0 Å². The molecule has 0 aromatic carbocycles. The summed E-state index contributed by atoms with van der Waals surface area (Å²) < 4.78 is 7.88. The molecule has 0 saturated carbocycles. The third-order valence-corrected chi connectivity index (χ3v) is 3.66. The fourth-order valence-electron chi connectivity index (χ4n) is 1.76. The Labute approximate surface area is 126 Å². The van der Waals surface area contributed by atoms with Crippen LogP contribution in [0.25, 0.3) is 11.4 Å². The van der Waals surface area contributed by atoms with Crippen LogP contribution in [0.4, 0.5) is 5.82 Å². The lowest BCUT2D eigenvalue weighted by Gasteiger charge is -2.09. The van der Waals surface area contributed by atoms with E-state index in [2.05, 4.69) is 50.2 Å². The van der Waals surface area contributed by atoms with Crippen molar-refractivity contribution in [2.45, 2.75) is 26.5 Å². The first-order valence-corrected chi connectivity index (χ1v) is 7.13. The number of hydrogen-bond acceptors (Lipinski definition) is 5. The van der Waals surface area contributed by atoms with Crippen LogP contribution in [0, 0.1) is 0 Å². The molecular formula is C13H18BrN5O. The molecule has 0 unspecified atom stereocenters. The molecule has 20 heavy (non-hydrogen) atoms. The molecule has 0 aliphatic heterocycles. The molecule has 0 aliphatic carbocycles. The van der Waals surface area contributed by atoms with Crippen LogP contribution in [0.5, 0.6) is 0 Å². The molecule has 2 rings (SSSR count). The van der Waals surface area contributed by atoms with Crippen LogP contribution < -0.4 is 5.32 Å². The fraction of sp³-hybridized carbons (Fsp3) is 0.462. The first-order chi connectivity index (χ1) is 9.56. The maximum Gasteiger partial charge on any atom is 0.165 e. The number of halogens is 1. The molecule has 0 spiro atoms. The molecule has 1 N–H and O–H groups in total. The van der Waals surface area contributed by atoms with Gasteiger partial charge in [0.1, 0.15) is 5.82 Å². The number of aromatic nitrogens is 4. The summed E-state index contributed by atoms with van der Waals surface area (Å²) >= 11 is 3.49. The lowest BCUT2D eigenvalue weighted by atomic mass is 10.3. The second-order valence-electron chi connectivity index (χ2n) is 4.64. The van der Waals surface area contributed by atoms with Crippen molar-refractivity contribution in [1.82, 2.24) is 19.7 Å². The van der Waals surface area contributed by atoms with Crippen molar-refractivity contribution in [1.29, 1.82) is 0 Å². The monoisotopic (exact) mass is 339 g/mol. The molecule has 0 aliphatic rings. The first kappa shape index (κ1) is 14.9. The zero-order chi connectivity index (χ0) is 14.7. The Bertz CT molecular complexity index is 596. The summed E-state index contributed by atoms with van der Waals surface area (Å²) in [7, 11) is 3.47. The minimum absolute atomic E-state index is 0.307. The minimum atomic E-state index is 0.307. The number of nitrogens with one attached hydrogen (secondary N) is 1. The molecule has 0 atom stereocenters. The molecule has 0 amide bonds. The van der Waals surface area contributed by atoms with Gasteiger partial charge in [0, 0.05) is 26.4 Å². The molecule has 6 nitrogen and oxygen atoms in total. The van der Waals surface area contributed by atoms with Gasteiger partial charge in [-0.3, -0.25) is 4.68 Å². The standard InChI is InChI=1S/C13H18BrN5O/c1-8(2)19-6-9(5-16-19)12-17-10(7-20-4)11(14)13(15-3)18-12/h5-6,8H,7H2,1-4H3,(H,15,17,18). The molecule has 0 saturated heterocycles. The van der Waals surface area contributed by atoms with E-state index in [9.17, 15) is 0 Å². The number of hydrogen-bond donors (Lipinski definition) is 1. The van der Waals surface area contributed by atoms with Crippen molar-refractivity contribution in [2.75, 3.05) is 19.5 Å². The Morgan fingerprint density at radius 2 is 2.15 bits per heavy atom. The zero-order valence-corrected chi connectivity index (χ0v) is 13.6. The van der Waals surface area contributed by atoms with E-state index in [1.807, 2.05) is 17.9 Å². The quantitative estimate of drug-likeness (QED) is 0.907. The summed E-state index contributed by atoms with van der Waals surface area (Å²) in [5, 5.41) is 7.37. The van der Waals surface area contributed by atoms with E-state index < -0.39 is 0 Å². The molecule has 0 radical (unpaired) electrons. The van der Waals surface area contributed by atoms with E-state index in [-0.39, 0.29) is 0 Å². The highest BCUT2D eigenvalue weighted by molar-refractivity contribution is 9.10. The number of methoxy groups -OCH3 is 1. The number of rotatable bonds is 5. The average molecular weight is 340 g/mol. The summed E-state index contributed by atoms with van der Waals surface area (Å²) in [5.41, 5.74) is 1.69. The predicted octanol–water partition coefficient (Wildman–Crippen LogP) is 2.87.